The van der Waals surface area contributed by atoms with Gasteiger partial charge in [0.2, 0.25) is 5.91 Å². The van der Waals surface area contributed by atoms with Gasteiger partial charge >= 0.3 is 5.97 Å². The van der Waals surface area contributed by atoms with Crippen molar-refractivity contribution in [1.29, 1.82) is 0 Å². The minimum Gasteiger partial charge on any atom is -0.493 e. The van der Waals surface area contributed by atoms with E-state index in [0.717, 1.165) is 48.1 Å². The Bertz CT molecular complexity index is 1300. The van der Waals surface area contributed by atoms with E-state index in [-0.39, 0.29) is 11.7 Å². The quantitative estimate of drug-likeness (QED) is 0.165. The first-order valence-corrected chi connectivity index (χ1v) is 13.7. The zero-order valence-electron chi connectivity index (χ0n) is 21.2. The number of ether oxygens (including phenoxy) is 3. The van der Waals surface area contributed by atoms with Gasteiger partial charge in [0.25, 0.3) is 0 Å². The average Bonchev–Trinajstić information content (AvgIpc) is 3.38. The third kappa shape index (κ3) is 5.83. The van der Waals surface area contributed by atoms with Gasteiger partial charge in [-0.1, -0.05) is 24.3 Å². The van der Waals surface area contributed by atoms with E-state index >= 15 is 0 Å². The zero-order chi connectivity index (χ0) is 26.4. The molecule has 1 N–H and O–H groups in total. The van der Waals surface area contributed by atoms with Crippen molar-refractivity contribution in [1.82, 2.24) is 14.8 Å². The van der Waals surface area contributed by atoms with E-state index < -0.39 is 5.97 Å². The first kappa shape index (κ1) is 26.7. The largest absolute Gasteiger partial charge is 0.493 e. The van der Waals surface area contributed by atoms with E-state index in [0.29, 0.717) is 39.6 Å². The Kier molecular flexibility index (Phi) is 8.88. The van der Waals surface area contributed by atoms with Gasteiger partial charge in [-0.05, 0) is 49.4 Å². The number of esters is 1. The number of methoxy groups -OCH3 is 3. The van der Waals surface area contributed by atoms with E-state index in [2.05, 4.69) is 22.1 Å². The molecule has 0 fully saturated rings. The van der Waals surface area contributed by atoms with Gasteiger partial charge < -0.3 is 19.5 Å². The summed E-state index contributed by atoms with van der Waals surface area (Å²) in [5.41, 5.74) is 2.31. The summed E-state index contributed by atoms with van der Waals surface area (Å²) in [6.45, 7) is 4.31. The molecular weight excluding hydrogens is 512 g/mol. The standard InChI is InChI=1S/C26H30N4O5S2/c1-5-13-30-23(16-11-12-18(33-2)19(14-16)34-3)28-29-26(30)36-15-21(31)27-24-22(25(32)35-4)17-9-7-6-8-10-20(17)37-24/h5,11-12,14H,1,6-10,13,15H2,2-4H3,(H,27,31). The third-order valence-corrected chi connectivity index (χ3v) is 8.24. The molecule has 0 saturated heterocycles. The van der Waals surface area contributed by atoms with Gasteiger partial charge in [0.1, 0.15) is 5.00 Å². The highest BCUT2D eigenvalue weighted by Gasteiger charge is 2.26. The maximum Gasteiger partial charge on any atom is 0.341 e. The first-order valence-electron chi connectivity index (χ1n) is 11.9. The number of thioether (sulfide) groups is 1. The van der Waals surface area contributed by atoms with Crippen LogP contribution in [0.2, 0.25) is 0 Å². The Hall–Kier alpha value is -3.31. The molecule has 9 nitrogen and oxygen atoms in total. The summed E-state index contributed by atoms with van der Waals surface area (Å²) >= 11 is 2.75. The summed E-state index contributed by atoms with van der Waals surface area (Å²) in [7, 11) is 4.53. The highest BCUT2D eigenvalue weighted by molar-refractivity contribution is 7.99. The van der Waals surface area contributed by atoms with Gasteiger partial charge in [-0.2, -0.15) is 0 Å². The molecule has 3 aromatic rings. The summed E-state index contributed by atoms with van der Waals surface area (Å²) in [5.74, 6) is 1.28. The topological polar surface area (TPSA) is 105 Å². The van der Waals surface area contributed by atoms with Crippen LogP contribution < -0.4 is 14.8 Å². The van der Waals surface area contributed by atoms with E-state index in [1.165, 1.54) is 30.2 Å². The second-order valence-corrected chi connectivity index (χ2v) is 10.4. The Morgan fingerprint density at radius 3 is 2.65 bits per heavy atom. The maximum atomic E-state index is 12.9. The number of rotatable bonds is 10. The number of nitrogens with zero attached hydrogens (tertiary/aromatic N) is 3. The molecule has 0 bridgehead atoms. The van der Waals surface area contributed by atoms with Crippen LogP contribution in [-0.2, 0) is 28.9 Å². The molecule has 2 heterocycles. The molecular formula is C26H30N4O5S2. The predicted octanol–water partition coefficient (Wildman–Crippen LogP) is 5.00. The lowest BCUT2D eigenvalue weighted by Gasteiger charge is -2.11. The van der Waals surface area contributed by atoms with Crippen molar-refractivity contribution >= 4 is 40.0 Å². The molecule has 0 atom stereocenters. The molecule has 0 radical (unpaired) electrons. The number of amides is 1. The number of aryl methyl sites for hydroxylation is 1. The molecule has 1 aromatic carbocycles. The number of anilines is 1. The molecule has 1 amide bonds. The number of hydrogen-bond donors (Lipinski definition) is 1. The van der Waals surface area contributed by atoms with Crippen LogP contribution >= 0.6 is 23.1 Å². The predicted molar refractivity (Wildman–Crippen MR) is 145 cm³/mol. The van der Waals surface area contributed by atoms with Gasteiger partial charge in [-0.15, -0.1) is 28.1 Å². The summed E-state index contributed by atoms with van der Waals surface area (Å²) in [4.78, 5) is 26.7. The SMILES string of the molecule is C=CCn1c(SCC(=O)Nc2sc3c(c2C(=O)OC)CCCCC3)nnc1-c1ccc(OC)c(OC)c1. The summed E-state index contributed by atoms with van der Waals surface area (Å²) < 4.78 is 17.7. The van der Waals surface area contributed by atoms with Crippen molar-refractivity contribution in [3.8, 4) is 22.9 Å². The Balaban J connectivity index is 1.52. The lowest BCUT2D eigenvalue weighted by atomic mass is 10.1. The third-order valence-electron chi connectivity index (χ3n) is 6.07. The minimum absolute atomic E-state index is 0.102. The van der Waals surface area contributed by atoms with E-state index in [4.69, 9.17) is 14.2 Å². The maximum absolute atomic E-state index is 12.9. The van der Waals surface area contributed by atoms with Crippen LogP contribution in [0.25, 0.3) is 11.4 Å². The van der Waals surface area contributed by atoms with Crippen molar-refractivity contribution in [2.24, 2.45) is 0 Å². The van der Waals surface area contributed by atoms with Crippen LogP contribution in [0.4, 0.5) is 5.00 Å². The van der Waals surface area contributed by atoms with E-state index in [9.17, 15) is 9.59 Å². The summed E-state index contributed by atoms with van der Waals surface area (Å²) in [6, 6.07) is 5.52. The second kappa shape index (κ2) is 12.3. The molecule has 2 aromatic heterocycles. The minimum atomic E-state index is -0.410. The van der Waals surface area contributed by atoms with Gasteiger partial charge in [0.15, 0.2) is 22.5 Å². The molecule has 1 aliphatic rings. The van der Waals surface area contributed by atoms with E-state index in [1.54, 1.807) is 20.3 Å². The van der Waals surface area contributed by atoms with Crippen molar-refractivity contribution in [2.75, 3.05) is 32.4 Å². The van der Waals surface area contributed by atoms with Crippen LogP contribution in [0, 0.1) is 0 Å². The number of carbonyl (C=O) groups is 2. The fourth-order valence-electron chi connectivity index (χ4n) is 4.32. The lowest BCUT2D eigenvalue weighted by molar-refractivity contribution is -0.113. The number of carbonyl (C=O) groups excluding carboxylic acids is 2. The van der Waals surface area contributed by atoms with Gasteiger partial charge in [0.05, 0.1) is 32.6 Å². The van der Waals surface area contributed by atoms with Gasteiger partial charge in [-0.25, -0.2) is 4.79 Å². The fourth-order valence-corrected chi connectivity index (χ4v) is 6.36. The molecule has 0 aliphatic heterocycles. The van der Waals surface area contributed by atoms with Crippen molar-refractivity contribution in [3.05, 3.63) is 46.9 Å². The Morgan fingerprint density at radius 1 is 1.14 bits per heavy atom. The average molecular weight is 543 g/mol. The molecule has 0 spiro atoms. The second-order valence-electron chi connectivity index (χ2n) is 8.37. The number of aromatic nitrogens is 3. The van der Waals surface area contributed by atoms with E-state index in [1.807, 2.05) is 22.8 Å². The summed E-state index contributed by atoms with van der Waals surface area (Å²) in [5, 5.41) is 12.7. The van der Waals surface area contributed by atoms with Crippen LogP contribution in [-0.4, -0.2) is 53.7 Å². The highest BCUT2D eigenvalue weighted by Crippen LogP contribution is 2.38. The van der Waals surface area contributed by atoms with Gasteiger partial charge in [0, 0.05) is 17.0 Å². The highest BCUT2D eigenvalue weighted by atomic mass is 32.2. The summed E-state index contributed by atoms with van der Waals surface area (Å²) in [6.07, 6.45) is 6.73. The molecule has 37 heavy (non-hydrogen) atoms. The lowest BCUT2D eigenvalue weighted by Crippen LogP contribution is -2.16. The van der Waals surface area contributed by atoms with Crippen molar-refractivity contribution < 1.29 is 23.8 Å². The molecule has 0 unspecified atom stereocenters. The Labute approximate surface area is 224 Å². The molecule has 1 aliphatic carbocycles. The molecule has 11 heteroatoms. The molecule has 196 valence electrons. The number of hydrogen-bond acceptors (Lipinski definition) is 9. The number of benzene rings is 1. The number of allylic oxidation sites excluding steroid dienone is 1. The van der Waals surface area contributed by atoms with Crippen LogP contribution in [0.15, 0.2) is 36.0 Å². The fraction of sp³-hybridized carbons (Fsp3) is 0.385. The van der Waals surface area contributed by atoms with Crippen LogP contribution in [0.3, 0.4) is 0 Å². The number of thiophene rings is 1. The molecule has 0 saturated carbocycles. The normalized spacial score (nSPS) is 12.8. The first-order chi connectivity index (χ1) is 18.0. The monoisotopic (exact) mass is 542 g/mol. The Morgan fingerprint density at radius 2 is 1.92 bits per heavy atom. The zero-order valence-corrected chi connectivity index (χ0v) is 22.8. The van der Waals surface area contributed by atoms with Crippen LogP contribution in [0.5, 0.6) is 11.5 Å². The molecule has 4 rings (SSSR count). The van der Waals surface area contributed by atoms with Gasteiger partial charge in [-0.3, -0.25) is 9.36 Å². The van der Waals surface area contributed by atoms with Crippen molar-refractivity contribution in [2.45, 2.75) is 43.8 Å². The number of nitrogens with one attached hydrogen (secondary N) is 1. The smallest absolute Gasteiger partial charge is 0.341 e. The van der Waals surface area contributed by atoms with Crippen molar-refractivity contribution in [3.63, 3.8) is 0 Å². The van der Waals surface area contributed by atoms with Crippen LogP contribution in [0.1, 0.15) is 40.1 Å². The number of fused-ring (bicyclic) bond motifs is 1.